The molecule has 8 heteroatoms. The van der Waals surface area contributed by atoms with Crippen LogP contribution >= 0.6 is 0 Å². The molecule has 4 aromatic carbocycles. The number of para-hydroxylation sites is 1. The minimum Gasteiger partial charge on any atom is -0.454 e. The number of ketones is 1. The van der Waals surface area contributed by atoms with Crippen LogP contribution in [0.3, 0.4) is 0 Å². The second kappa shape index (κ2) is 10.5. The molecule has 0 spiro atoms. The summed E-state index contributed by atoms with van der Waals surface area (Å²) in [4.78, 5) is 64.1. The Labute approximate surface area is 223 Å². The van der Waals surface area contributed by atoms with Crippen molar-refractivity contribution in [2.75, 3.05) is 11.5 Å². The maximum absolute atomic E-state index is 12.9. The number of esters is 2. The van der Waals surface area contributed by atoms with Crippen LogP contribution in [0.1, 0.15) is 57.4 Å². The van der Waals surface area contributed by atoms with Gasteiger partial charge in [0.25, 0.3) is 11.8 Å². The van der Waals surface area contributed by atoms with Gasteiger partial charge in [-0.25, -0.2) is 14.5 Å². The molecule has 0 saturated heterocycles. The first-order chi connectivity index (χ1) is 18.8. The van der Waals surface area contributed by atoms with E-state index in [0.717, 1.165) is 10.5 Å². The fourth-order valence-corrected chi connectivity index (χ4v) is 4.04. The number of rotatable bonds is 7. The Bertz CT molecular complexity index is 1610. The zero-order chi connectivity index (χ0) is 27.5. The van der Waals surface area contributed by atoms with Gasteiger partial charge in [-0.05, 0) is 73.7 Å². The van der Waals surface area contributed by atoms with Crippen LogP contribution in [0.15, 0.2) is 97.1 Å². The lowest BCUT2D eigenvalue weighted by Gasteiger charge is -2.13. The lowest BCUT2D eigenvalue weighted by Crippen LogP contribution is -2.29. The van der Waals surface area contributed by atoms with Gasteiger partial charge in [0.15, 0.2) is 12.4 Å². The highest BCUT2D eigenvalue weighted by Crippen LogP contribution is 2.29. The molecule has 39 heavy (non-hydrogen) atoms. The highest BCUT2D eigenvalue weighted by atomic mass is 16.5. The van der Waals surface area contributed by atoms with Crippen LogP contribution < -0.4 is 9.64 Å². The van der Waals surface area contributed by atoms with Crippen molar-refractivity contribution in [3.8, 4) is 5.75 Å². The Hall–Kier alpha value is -5.37. The van der Waals surface area contributed by atoms with Gasteiger partial charge in [-0.3, -0.25) is 14.4 Å². The van der Waals surface area contributed by atoms with E-state index in [1.165, 1.54) is 42.5 Å². The lowest BCUT2D eigenvalue weighted by atomic mass is 10.1. The van der Waals surface area contributed by atoms with Gasteiger partial charge in [-0.1, -0.05) is 35.9 Å². The summed E-state index contributed by atoms with van der Waals surface area (Å²) in [6, 6.07) is 25.4. The van der Waals surface area contributed by atoms with Crippen molar-refractivity contribution in [1.82, 2.24) is 0 Å². The zero-order valence-corrected chi connectivity index (χ0v) is 20.7. The van der Waals surface area contributed by atoms with Gasteiger partial charge in [-0.15, -0.1) is 0 Å². The largest absolute Gasteiger partial charge is 0.454 e. The van der Waals surface area contributed by atoms with E-state index in [0.29, 0.717) is 11.3 Å². The minimum absolute atomic E-state index is 0.0379. The van der Waals surface area contributed by atoms with Crippen molar-refractivity contribution in [3.05, 3.63) is 130 Å². The normalized spacial score (nSPS) is 12.2. The second-order valence-corrected chi connectivity index (χ2v) is 8.82. The van der Waals surface area contributed by atoms with Crippen molar-refractivity contribution in [2.45, 2.75) is 6.92 Å². The molecule has 0 N–H and O–H groups in total. The van der Waals surface area contributed by atoms with E-state index in [4.69, 9.17) is 9.47 Å². The summed E-state index contributed by atoms with van der Waals surface area (Å²) < 4.78 is 10.5. The van der Waals surface area contributed by atoms with Crippen LogP contribution in [0.4, 0.5) is 5.69 Å². The number of aryl methyl sites for hydroxylation is 1. The van der Waals surface area contributed by atoms with E-state index in [-0.39, 0.29) is 28.0 Å². The van der Waals surface area contributed by atoms with E-state index < -0.39 is 36.1 Å². The topological polar surface area (TPSA) is 107 Å². The molecule has 192 valence electrons. The third-order valence-electron chi connectivity index (χ3n) is 6.15. The number of hydrogen-bond acceptors (Lipinski definition) is 7. The summed E-state index contributed by atoms with van der Waals surface area (Å²) in [6.07, 6.45) is 0. The molecular formula is C31H21NO7. The average Bonchev–Trinajstić information content (AvgIpc) is 3.21. The molecule has 1 aliphatic heterocycles. The molecule has 0 saturated carbocycles. The average molecular weight is 520 g/mol. The Morgan fingerprint density at radius 3 is 1.97 bits per heavy atom. The first-order valence-corrected chi connectivity index (χ1v) is 12.0. The molecule has 0 unspecified atom stereocenters. The standard InChI is InChI=1S/C31H21NO7/c1-19-7-9-21(10-8-19)31(37)39-24-14-11-20(12-15-24)27(33)18-38-30(36)22-13-16-25-26(17-22)29(35)32(28(25)34)23-5-3-2-4-6-23/h2-17H,18H2,1H3. The van der Waals surface area contributed by atoms with E-state index in [1.807, 2.05) is 6.92 Å². The minimum atomic E-state index is -0.812. The van der Waals surface area contributed by atoms with Crippen LogP contribution in [0.5, 0.6) is 5.75 Å². The monoisotopic (exact) mass is 519 g/mol. The Morgan fingerprint density at radius 1 is 0.667 bits per heavy atom. The molecule has 4 aromatic rings. The lowest BCUT2D eigenvalue weighted by molar-refractivity contribution is 0.0474. The van der Waals surface area contributed by atoms with Gasteiger partial charge in [-0.2, -0.15) is 0 Å². The molecule has 0 aromatic heterocycles. The summed E-state index contributed by atoms with van der Waals surface area (Å²) in [5.74, 6) is -2.57. The molecule has 2 amide bonds. The van der Waals surface area contributed by atoms with Crippen molar-refractivity contribution < 1.29 is 33.4 Å². The molecule has 1 aliphatic rings. The second-order valence-electron chi connectivity index (χ2n) is 8.82. The van der Waals surface area contributed by atoms with Crippen LogP contribution in [0.2, 0.25) is 0 Å². The molecule has 0 bridgehead atoms. The highest BCUT2D eigenvalue weighted by molar-refractivity contribution is 6.34. The first kappa shape index (κ1) is 25.3. The van der Waals surface area contributed by atoms with Gasteiger partial charge >= 0.3 is 11.9 Å². The number of benzene rings is 4. The molecule has 8 nitrogen and oxygen atoms in total. The molecule has 1 heterocycles. The fraction of sp³-hybridized carbons (Fsp3) is 0.0645. The number of hydrogen-bond donors (Lipinski definition) is 0. The summed E-state index contributed by atoms with van der Waals surface area (Å²) >= 11 is 0. The number of nitrogens with zero attached hydrogens (tertiary/aromatic N) is 1. The van der Waals surface area contributed by atoms with Crippen LogP contribution in [0.25, 0.3) is 0 Å². The number of imide groups is 1. The summed E-state index contributed by atoms with van der Waals surface area (Å²) in [5.41, 5.74) is 2.40. The molecule has 0 radical (unpaired) electrons. The van der Waals surface area contributed by atoms with E-state index in [2.05, 4.69) is 0 Å². The number of carbonyl (C=O) groups is 5. The van der Waals surface area contributed by atoms with Gasteiger partial charge < -0.3 is 9.47 Å². The quantitative estimate of drug-likeness (QED) is 0.145. The summed E-state index contributed by atoms with van der Waals surface area (Å²) in [6.45, 7) is 1.37. The summed E-state index contributed by atoms with van der Waals surface area (Å²) in [7, 11) is 0. The number of Topliss-reactive ketones (excluding diaryl/α,β-unsaturated/α-hetero) is 1. The van der Waals surface area contributed by atoms with Crippen molar-refractivity contribution in [1.29, 1.82) is 0 Å². The molecular weight excluding hydrogens is 498 g/mol. The number of carbonyl (C=O) groups excluding carboxylic acids is 5. The van der Waals surface area contributed by atoms with E-state index in [9.17, 15) is 24.0 Å². The van der Waals surface area contributed by atoms with Gasteiger partial charge in [0.1, 0.15) is 5.75 Å². The van der Waals surface area contributed by atoms with Gasteiger partial charge in [0.05, 0.1) is 27.9 Å². The summed E-state index contributed by atoms with van der Waals surface area (Å²) in [5, 5.41) is 0. The maximum Gasteiger partial charge on any atom is 0.343 e. The smallest absolute Gasteiger partial charge is 0.343 e. The predicted octanol–water partition coefficient (Wildman–Crippen LogP) is 5.05. The number of anilines is 1. The third-order valence-corrected chi connectivity index (χ3v) is 6.15. The Morgan fingerprint density at radius 2 is 1.28 bits per heavy atom. The SMILES string of the molecule is Cc1ccc(C(=O)Oc2ccc(C(=O)COC(=O)c3ccc4c(c3)C(=O)N(c3ccccc3)C4=O)cc2)cc1. The molecule has 5 rings (SSSR count). The Balaban J connectivity index is 1.20. The molecule has 0 aliphatic carbocycles. The van der Waals surface area contributed by atoms with Crippen LogP contribution in [-0.2, 0) is 4.74 Å². The van der Waals surface area contributed by atoms with E-state index >= 15 is 0 Å². The third kappa shape index (κ3) is 5.21. The predicted molar refractivity (Wildman–Crippen MR) is 141 cm³/mol. The van der Waals surface area contributed by atoms with Gasteiger partial charge in [0, 0.05) is 5.56 Å². The fourth-order valence-electron chi connectivity index (χ4n) is 4.04. The van der Waals surface area contributed by atoms with Crippen molar-refractivity contribution in [3.63, 3.8) is 0 Å². The number of fused-ring (bicyclic) bond motifs is 1. The van der Waals surface area contributed by atoms with Crippen LogP contribution in [0, 0.1) is 6.92 Å². The zero-order valence-electron chi connectivity index (χ0n) is 20.7. The number of ether oxygens (including phenoxy) is 2. The van der Waals surface area contributed by atoms with Gasteiger partial charge in [0.2, 0.25) is 0 Å². The van der Waals surface area contributed by atoms with Crippen molar-refractivity contribution in [2.24, 2.45) is 0 Å². The van der Waals surface area contributed by atoms with Crippen molar-refractivity contribution >= 4 is 35.2 Å². The Kier molecular flexibility index (Phi) is 6.84. The maximum atomic E-state index is 12.9. The van der Waals surface area contributed by atoms with Crippen LogP contribution in [-0.4, -0.2) is 36.1 Å². The highest BCUT2D eigenvalue weighted by Gasteiger charge is 2.37. The molecule has 0 fully saturated rings. The molecule has 0 atom stereocenters. The van der Waals surface area contributed by atoms with E-state index in [1.54, 1.807) is 54.6 Å². The number of amides is 2. The first-order valence-electron chi connectivity index (χ1n) is 12.0.